The summed E-state index contributed by atoms with van der Waals surface area (Å²) in [4.78, 5) is 0.869. The standard InChI is InChI=1S/C13H20FNO2S/c1-3-16-13(17-4-2)7-8-18-10-5-6-12(15)11(14)9-10/h5-6,9,13H,3-4,7-8,15H2,1-2H3. The summed E-state index contributed by atoms with van der Waals surface area (Å²) in [7, 11) is 0. The van der Waals surface area contributed by atoms with Gasteiger partial charge in [0.25, 0.3) is 0 Å². The van der Waals surface area contributed by atoms with Crippen LogP contribution in [0, 0.1) is 5.82 Å². The zero-order valence-electron chi connectivity index (χ0n) is 10.8. The second-order valence-corrected chi connectivity index (χ2v) is 4.83. The Kier molecular flexibility index (Phi) is 7.08. The summed E-state index contributed by atoms with van der Waals surface area (Å²) in [5, 5.41) is 0. The average molecular weight is 273 g/mol. The van der Waals surface area contributed by atoms with Crippen LogP contribution in [0.3, 0.4) is 0 Å². The molecule has 1 aromatic carbocycles. The molecule has 0 heterocycles. The number of halogens is 1. The molecule has 0 radical (unpaired) electrons. The Morgan fingerprint density at radius 1 is 1.28 bits per heavy atom. The van der Waals surface area contributed by atoms with Crippen LogP contribution in [0.15, 0.2) is 23.1 Å². The van der Waals surface area contributed by atoms with Gasteiger partial charge >= 0.3 is 0 Å². The van der Waals surface area contributed by atoms with Crippen molar-refractivity contribution >= 4 is 17.4 Å². The van der Waals surface area contributed by atoms with E-state index in [1.165, 1.54) is 6.07 Å². The molecule has 0 fully saturated rings. The van der Waals surface area contributed by atoms with Crippen LogP contribution in [-0.4, -0.2) is 25.3 Å². The van der Waals surface area contributed by atoms with Gasteiger partial charge in [0.1, 0.15) is 5.82 Å². The number of ether oxygens (including phenoxy) is 2. The van der Waals surface area contributed by atoms with Crippen LogP contribution in [0.25, 0.3) is 0 Å². The fourth-order valence-corrected chi connectivity index (χ4v) is 2.35. The molecular weight excluding hydrogens is 253 g/mol. The van der Waals surface area contributed by atoms with E-state index < -0.39 is 0 Å². The van der Waals surface area contributed by atoms with Crippen LogP contribution in [0.1, 0.15) is 20.3 Å². The molecule has 0 atom stereocenters. The maximum atomic E-state index is 13.2. The summed E-state index contributed by atoms with van der Waals surface area (Å²) in [6, 6.07) is 4.86. The third kappa shape index (κ3) is 5.25. The highest BCUT2D eigenvalue weighted by molar-refractivity contribution is 7.99. The quantitative estimate of drug-likeness (QED) is 0.448. The molecule has 3 nitrogen and oxygen atoms in total. The Labute approximate surface area is 112 Å². The van der Waals surface area contributed by atoms with E-state index in [0.29, 0.717) is 13.2 Å². The normalized spacial score (nSPS) is 11.1. The molecule has 0 unspecified atom stereocenters. The van der Waals surface area contributed by atoms with E-state index >= 15 is 0 Å². The fourth-order valence-electron chi connectivity index (χ4n) is 1.46. The van der Waals surface area contributed by atoms with E-state index in [1.807, 2.05) is 19.9 Å². The number of hydrogen-bond donors (Lipinski definition) is 1. The lowest BCUT2D eigenvalue weighted by Crippen LogP contribution is -2.18. The summed E-state index contributed by atoms with van der Waals surface area (Å²) in [5.74, 6) is 0.444. The highest BCUT2D eigenvalue weighted by Crippen LogP contribution is 2.23. The molecule has 18 heavy (non-hydrogen) atoms. The number of anilines is 1. The minimum absolute atomic E-state index is 0.175. The molecule has 0 aliphatic heterocycles. The van der Waals surface area contributed by atoms with Crippen LogP contribution >= 0.6 is 11.8 Å². The zero-order chi connectivity index (χ0) is 13.4. The zero-order valence-corrected chi connectivity index (χ0v) is 11.6. The van der Waals surface area contributed by atoms with Crippen LogP contribution < -0.4 is 5.73 Å². The maximum absolute atomic E-state index is 13.2. The molecule has 1 rings (SSSR count). The Morgan fingerprint density at radius 3 is 2.50 bits per heavy atom. The summed E-state index contributed by atoms with van der Waals surface area (Å²) in [6.07, 6.45) is 0.601. The van der Waals surface area contributed by atoms with Crippen molar-refractivity contribution in [3.05, 3.63) is 24.0 Å². The lowest BCUT2D eigenvalue weighted by molar-refractivity contribution is -0.136. The van der Waals surface area contributed by atoms with Gasteiger partial charge in [-0.1, -0.05) is 0 Å². The summed E-state index contributed by atoms with van der Waals surface area (Å²) >= 11 is 1.57. The van der Waals surface area contributed by atoms with Crippen molar-refractivity contribution in [1.29, 1.82) is 0 Å². The first-order valence-electron chi connectivity index (χ1n) is 6.08. The predicted octanol–water partition coefficient (Wildman–Crippen LogP) is 3.29. The Morgan fingerprint density at radius 2 is 1.94 bits per heavy atom. The van der Waals surface area contributed by atoms with Crippen molar-refractivity contribution < 1.29 is 13.9 Å². The third-order valence-corrected chi connectivity index (χ3v) is 3.33. The fraction of sp³-hybridized carbons (Fsp3) is 0.538. The highest BCUT2D eigenvalue weighted by Gasteiger charge is 2.08. The molecule has 102 valence electrons. The Hall–Kier alpha value is -0.780. The van der Waals surface area contributed by atoms with Crippen molar-refractivity contribution in [3.63, 3.8) is 0 Å². The minimum atomic E-state index is -0.369. The maximum Gasteiger partial charge on any atom is 0.158 e. The van der Waals surface area contributed by atoms with Gasteiger partial charge in [0.05, 0.1) is 5.69 Å². The van der Waals surface area contributed by atoms with Gasteiger partial charge < -0.3 is 15.2 Å². The van der Waals surface area contributed by atoms with Gasteiger partial charge in [-0.3, -0.25) is 0 Å². The Bertz CT molecular complexity index is 357. The van der Waals surface area contributed by atoms with Gasteiger partial charge in [-0.25, -0.2) is 4.39 Å². The monoisotopic (exact) mass is 273 g/mol. The molecule has 0 bridgehead atoms. The van der Waals surface area contributed by atoms with E-state index in [9.17, 15) is 4.39 Å². The molecule has 0 aliphatic carbocycles. The van der Waals surface area contributed by atoms with Crippen molar-refractivity contribution in [1.82, 2.24) is 0 Å². The molecule has 0 saturated carbocycles. The van der Waals surface area contributed by atoms with Gasteiger partial charge in [-0.2, -0.15) is 0 Å². The van der Waals surface area contributed by atoms with Gasteiger partial charge in [0, 0.05) is 30.3 Å². The first-order valence-corrected chi connectivity index (χ1v) is 7.07. The molecule has 0 amide bonds. The summed E-state index contributed by atoms with van der Waals surface area (Å²) < 4.78 is 24.1. The number of hydrogen-bond acceptors (Lipinski definition) is 4. The largest absolute Gasteiger partial charge is 0.396 e. The SMILES string of the molecule is CCOC(CCSc1ccc(N)c(F)c1)OCC. The first kappa shape index (κ1) is 15.3. The van der Waals surface area contributed by atoms with E-state index in [2.05, 4.69) is 0 Å². The second kappa shape index (κ2) is 8.34. The molecular formula is C13H20FNO2S. The van der Waals surface area contributed by atoms with Crippen molar-refractivity contribution in [2.45, 2.75) is 31.5 Å². The van der Waals surface area contributed by atoms with Gasteiger partial charge in [-0.05, 0) is 32.0 Å². The lowest BCUT2D eigenvalue weighted by atomic mass is 10.3. The number of rotatable bonds is 8. The van der Waals surface area contributed by atoms with E-state index in [1.54, 1.807) is 17.8 Å². The first-order chi connectivity index (χ1) is 8.67. The predicted molar refractivity (Wildman–Crippen MR) is 73.2 cm³/mol. The summed E-state index contributed by atoms with van der Waals surface area (Å²) in [6.45, 7) is 5.14. The smallest absolute Gasteiger partial charge is 0.158 e. The van der Waals surface area contributed by atoms with E-state index in [4.69, 9.17) is 15.2 Å². The molecule has 0 aromatic heterocycles. The molecule has 5 heteroatoms. The summed E-state index contributed by atoms with van der Waals surface area (Å²) in [5.41, 5.74) is 5.60. The van der Waals surface area contributed by atoms with Gasteiger partial charge in [-0.15, -0.1) is 11.8 Å². The van der Waals surface area contributed by atoms with Crippen molar-refractivity contribution in [2.75, 3.05) is 24.7 Å². The van der Waals surface area contributed by atoms with Gasteiger partial charge in [0.2, 0.25) is 0 Å². The minimum Gasteiger partial charge on any atom is -0.396 e. The molecule has 0 saturated heterocycles. The molecule has 0 spiro atoms. The average Bonchev–Trinajstić information content (AvgIpc) is 2.34. The number of nitrogens with two attached hydrogens (primary N) is 1. The topological polar surface area (TPSA) is 44.5 Å². The van der Waals surface area contributed by atoms with E-state index in [-0.39, 0.29) is 17.8 Å². The van der Waals surface area contributed by atoms with Crippen LogP contribution in [-0.2, 0) is 9.47 Å². The highest BCUT2D eigenvalue weighted by atomic mass is 32.2. The van der Waals surface area contributed by atoms with Crippen LogP contribution in [0.2, 0.25) is 0 Å². The lowest BCUT2D eigenvalue weighted by Gasteiger charge is -2.16. The van der Waals surface area contributed by atoms with Gasteiger partial charge in [0.15, 0.2) is 6.29 Å². The number of benzene rings is 1. The molecule has 2 N–H and O–H groups in total. The molecule has 0 aliphatic rings. The third-order valence-electron chi connectivity index (χ3n) is 2.30. The molecule has 1 aromatic rings. The number of nitrogen functional groups attached to an aromatic ring is 1. The second-order valence-electron chi connectivity index (χ2n) is 3.66. The Balaban J connectivity index is 2.37. The van der Waals surface area contributed by atoms with Crippen LogP contribution in [0.4, 0.5) is 10.1 Å². The van der Waals surface area contributed by atoms with Crippen molar-refractivity contribution in [2.24, 2.45) is 0 Å². The van der Waals surface area contributed by atoms with Crippen LogP contribution in [0.5, 0.6) is 0 Å². The number of thioether (sulfide) groups is 1. The van der Waals surface area contributed by atoms with E-state index in [0.717, 1.165) is 17.1 Å². The van der Waals surface area contributed by atoms with Crippen molar-refractivity contribution in [3.8, 4) is 0 Å².